The number of anilines is 1. The van der Waals surface area contributed by atoms with Gasteiger partial charge in [-0.15, -0.1) is 0 Å². The number of carbonyl (C=O) groups is 2. The van der Waals surface area contributed by atoms with Crippen LogP contribution in [-0.2, 0) is 14.3 Å². The summed E-state index contributed by atoms with van der Waals surface area (Å²) in [5, 5.41) is 14.3. The third kappa shape index (κ3) is 4.91. The van der Waals surface area contributed by atoms with E-state index in [1.54, 1.807) is 38.3 Å². The van der Waals surface area contributed by atoms with E-state index in [2.05, 4.69) is 5.32 Å². The number of methoxy groups -OCH3 is 1. The van der Waals surface area contributed by atoms with Gasteiger partial charge in [0.15, 0.2) is 5.78 Å². The summed E-state index contributed by atoms with van der Waals surface area (Å²) < 4.78 is 10.5. The minimum absolute atomic E-state index is 0.0513. The number of rotatable bonds is 7. The van der Waals surface area contributed by atoms with Gasteiger partial charge in [-0.25, -0.2) is 0 Å². The van der Waals surface area contributed by atoms with Gasteiger partial charge >= 0.3 is 5.97 Å². The first-order valence-corrected chi connectivity index (χ1v) is 9.91. The second-order valence-electron chi connectivity index (χ2n) is 7.27. The monoisotopic (exact) mass is 424 g/mol. The Labute approximate surface area is 180 Å². The zero-order valence-electron chi connectivity index (χ0n) is 17.6. The van der Waals surface area contributed by atoms with E-state index >= 15 is 0 Å². The number of hydrogen-bond acceptors (Lipinski definition) is 7. The fourth-order valence-electron chi connectivity index (χ4n) is 3.69. The molecule has 1 N–H and O–H groups in total. The van der Waals surface area contributed by atoms with Gasteiger partial charge in [-0.05, 0) is 43.5 Å². The highest BCUT2D eigenvalue weighted by Crippen LogP contribution is 2.38. The molecule has 162 valence electrons. The van der Waals surface area contributed by atoms with Crippen LogP contribution in [0.4, 0.5) is 11.4 Å². The van der Waals surface area contributed by atoms with E-state index in [4.69, 9.17) is 9.47 Å². The lowest BCUT2D eigenvalue weighted by Crippen LogP contribution is -2.35. The number of ether oxygens (including phenoxy) is 2. The molecule has 0 heterocycles. The molecule has 0 amide bonds. The first-order valence-electron chi connectivity index (χ1n) is 9.91. The van der Waals surface area contributed by atoms with Crippen molar-refractivity contribution in [1.82, 2.24) is 0 Å². The van der Waals surface area contributed by atoms with Crippen molar-refractivity contribution < 1.29 is 24.0 Å². The van der Waals surface area contributed by atoms with Crippen molar-refractivity contribution in [2.24, 2.45) is 5.92 Å². The molecule has 0 radical (unpaired) electrons. The number of nitro groups is 1. The molecule has 1 aliphatic carbocycles. The smallest absolute Gasteiger partial charge is 0.317 e. The number of non-ortho nitro benzene ring substituents is 1. The first kappa shape index (κ1) is 22.0. The zero-order chi connectivity index (χ0) is 22.5. The van der Waals surface area contributed by atoms with Crippen LogP contribution in [0.2, 0.25) is 0 Å². The number of allylic oxidation sites excluding steroid dienone is 2. The van der Waals surface area contributed by atoms with Gasteiger partial charge in [0, 0.05) is 35.5 Å². The van der Waals surface area contributed by atoms with Crippen LogP contribution in [0.1, 0.15) is 30.4 Å². The topological polar surface area (TPSA) is 108 Å². The standard InChI is InChI=1S/C23H24N2O6/c1-4-31-23(27)22-19(15-6-5-7-18(10-15)30-3)11-16(12-21(22)26)24-20-13-17(25(28)29)9-8-14(20)2/h5-10,12-13,19,22,24H,4,11H2,1-3H3/t19-,22-/m0/s1. The molecule has 31 heavy (non-hydrogen) atoms. The maximum absolute atomic E-state index is 13.0. The van der Waals surface area contributed by atoms with E-state index in [9.17, 15) is 19.7 Å². The van der Waals surface area contributed by atoms with E-state index < -0.39 is 22.7 Å². The van der Waals surface area contributed by atoms with Crippen molar-refractivity contribution in [3.8, 4) is 5.75 Å². The summed E-state index contributed by atoms with van der Waals surface area (Å²) in [6.07, 6.45) is 1.74. The van der Waals surface area contributed by atoms with Gasteiger partial charge in [0.25, 0.3) is 5.69 Å². The Morgan fingerprint density at radius 2 is 2.03 bits per heavy atom. The molecule has 8 nitrogen and oxygen atoms in total. The van der Waals surface area contributed by atoms with E-state index in [0.29, 0.717) is 23.6 Å². The van der Waals surface area contributed by atoms with Crippen LogP contribution in [0.5, 0.6) is 5.75 Å². The number of esters is 1. The molecule has 3 rings (SSSR count). The number of nitro benzene ring substituents is 1. The summed E-state index contributed by atoms with van der Waals surface area (Å²) in [6.45, 7) is 3.69. The largest absolute Gasteiger partial charge is 0.497 e. The Balaban J connectivity index is 1.98. The van der Waals surface area contributed by atoms with Gasteiger partial charge in [-0.1, -0.05) is 18.2 Å². The summed E-state index contributed by atoms with van der Waals surface area (Å²) in [5.74, 6) is -1.76. The Hall–Kier alpha value is -3.68. The van der Waals surface area contributed by atoms with E-state index in [0.717, 1.165) is 11.1 Å². The van der Waals surface area contributed by atoms with Crippen LogP contribution in [0.3, 0.4) is 0 Å². The number of aryl methyl sites for hydroxylation is 1. The van der Waals surface area contributed by atoms with Crippen LogP contribution < -0.4 is 10.1 Å². The maximum atomic E-state index is 13.0. The molecule has 0 aliphatic heterocycles. The molecule has 2 aromatic carbocycles. The zero-order valence-corrected chi connectivity index (χ0v) is 17.6. The van der Waals surface area contributed by atoms with Crippen molar-refractivity contribution >= 4 is 23.1 Å². The molecule has 2 aromatic rings. The summed E-state index contributed by atoms with van der Waals surface area (Å²) in [4.78, 5) is 36.2. The van der Waals surface area contributed by atoms with Crippen LogP contribution in [0.15, 0.2) is 54.2 Å². The molecule has 0 bridgehead atoms. The summed E-state index contributed by atoms with van der Waals surface area (Å²) >= 11 is 0. The number of hydrogen-bond donors (Lipinski definition) is 1. The number of benzene rings is 2. The Morgan fingerprint density at radius 3 is 2.71 bits per heavy atom. The normalized spacial score (nSPS) is 18.2. The van der Waals surface area contributed by atoms with Gasteiger partial charge < -0.3 is 14.8 Å². The van der Waals surface area contributed by atoms with E-state index in [1.807, 2.05) is 13.0 Å². The predicted molar refractivity (Wildman–Crippen MR) is 115 cm³/mol. The van der Waals surface area contributed by atoms with E-state index in [-0.39, 0.29) is 18.1 Å². The molecule has 0 saturated carbocycles. The maximum Gasteiger partial charge on any atom is 0.317 e. The second-order valence-corrected chi connectivity index (χ2v) is 7.27. The minimum Gasteiger partial charge on any atom is -0.497 e. The highest BCUT2D eigenvalue weighted by atomic mass is 16.6. The van der Waals surface area contributed by atoms with Crippen molar-refractivity contribution in [3.05, 3.63) is 75.5 Å². The number of carbonyl (C=O) groups excluding carboxylic acids is 2. The fourth-order valence-corrected chi connectivity index (χ4v) is 3.69. The Kier molecular flexibility index (Phi) is 6.69. The fraction of sp³-hybridized carbons (Fsp3) is 0.304. The highest BCUT2D eigenvalue weighted by Gasteiger charge is 2.39. The van der Waals surface area contributed by atoms with Crippen LogP contribution >= 0.6 is 0 Å². The molecule has 8 heteroatoms. The molecule has 0 unspecified atom stereocenters. The molecule has 0 spiro atoms. The highest BCUT2D eigenvalue weighted by molar-refractivity contribution is 6.07. The van der Waals surface area contributed by atoms with Gasteiger partial charge in [0.2, 0.25) is 0 Å². The van der Waals surface area contributed by atoms with Crippen LogP contribution in [-0.4, -0.2) is 30.4 Å². The molecule has 2 atom stereocenters. The Bertz CT molecular complexity index is 1050. The molecular weight excluding hydrogens is 400 g/mol. The summed E-state index contributed by atoms with van der Waals surface area (Å²) in [7, 11) is 1.55. The SMILES string of the molecule is CCOC(=O)[C@@H]1C(=O)C=C(Nc2cc([N+](=O)[O-])ccc2C)C[C@H]1c1cccc(OC)c1. The van der Waals surface area contributed by atoms with Crippen molar-refractivity contribution in [2.45, 2.75) is 26.2 Å². The van der Waals surface area contributed by atoms with Gasteiger partial charge in [0.1, 0.15) is 11.7 Å². The Morgan fingerprint density at radius 1 is 1.26 bits per heavy atom. The molecular formula is C23H24N2O6. The predicted octanol–water partition coefficient (Wildman–Crippen LogP) is 4.14. The molecule has 0 fully saturated rings. The van der Waals surface area contributed by atoms with Gasteiger partial charge in [-0.2, -0.15) is 0 Å². The molecule has 0 aromatic heterocycles. The summed E-state index contributed by atoms with van der Waals surface area (Å²) in [6, 6.07) is 11.7. The molecule has 0 saturated heterocycles. The third-order valence-electron chi connectivity index (χ3n) is 5.25. The van der Waals surface area contributed by atoms with Crippen molar-refractivity contribution in [3.63, 3.8) is 0 Å². The van der Waals surface area contributed by atoms with Crippen molar-refractivity contribution in [2.75, 3.05) is 19.0 Å². The van der Waals surface area contributed by atoms with Gasteiger partial charge in [0.05, 0.1) is 18.6 Å². The number of nitrogens with one attached hydrogen (secondary N) is 1. The second kappa shape index (κ2) is 9.42. The summed E-state index contributed by atoms with van der Waals surface area (Å²) in [5.41, 5.74) is 2.62. The average molecular weight is 424 g/mol. The first-order chi connectivity index (χ1) is 14.8. The third-order valence-corrected chi connectivity index (χ3v) is 5.25. The lowest BCUT2D eigenvalue weighted by atomic mass is 9.76. The molecule has 1 aliphatic rings. The van der Waals surface area contributed by atoms with Crippen LogP contribution in [0.25, 0.3) is 0 Å². The van der Waals surface area contributed by atoms with Crippen molar-refractivity contribution in [1.29, 1.82) is 0 Å². The number of nitrogens with zero attached hydrogens (tertiary/aromatic N) is 1. The minimum atomic E-state index is -0.969. The quantitative estimate of drug-likeness (QED) is 0.308. The van der Waals surface area contributed by atoms with E-state index in [1.165, 1.54) is 18.2 Å². The van der Waals surface area contributed by atoms with Crippen LogP contribution in [0, 0.1) is 23.0 Å². The van der Waals surface area contributed by atoms with Gasteiger partial charge in [-0.3, -0.25) is 19.7 Å². The average Bonchev–Trinajstić information content (AvgIpc) is 2.74. The lowest BCUT2D eigenvalue weighted by Gasteiger charge is -2.30. The number of ketones is 1. The lowest BCUT2D eigenvalue weighted by molar-refractivity contribution is -0.384.